The van der Waals surface area contributed by atoms with Crippen molar-refractivity contribution in [1.82, 2.24) is 0 Å². The van der Waals surface area contributed by atoms with E-state index >= 15 is 0 Å². The molecular weight excluding hydrogens is 492 g/mol. The smallest absolute Gasteiger partial charge is 0.203 e. The Morgan fingerprint density at radius 1 is 0.676 bits per heavy atom. The highest BCUT2D eigenvalue weighted by Crippen LogP contribution is 2.40. The molecule has 0 atom stereocenters. The first-order valence-corrected chi connectivity index (χ1v) is 11.5. The molecule has 0 spiro atoms. The van der Waals surface area contributed by atoms with Crippen molar-refractivity contribution in [3.63, 3.8) is 0 Å². The fourth-order valence-electron chi connectivity index (χ4n) is 3.64. The topological polar surface area (TPSA) is 43.3 Å². The SMILES string of the molecule is COc1cc(C(=Nc2ccc(Br)cc2)N(c2ccccc2)c2ccccc2)cc(OC)c1OC. The molecule has 0 fully saturated rings. The van der Waals surface area contributed by atoms with Crippen LogP contribution in [0.25, 0.3) is 0 Å². The Morgan fingerprint density at radius 2 is 1.18 bits per heavy atom. The first-order valence-electron chi connectivity index (χ1n) is 10.7. The normalized spacial score (nSPS) is 11.1. The summed E-state index contributed by atoms with van der Waals surface area (Å²) < 4.78 is 17.8. The Labute approximate surface area is 208 Å². The van der Waals surface area contributed by atoms with Gasteiger partial charge in [0.25, 0.3) is 0 Å². The van der Waals surface area contributed by atoms with Gasteiger partial charge in [-0.15, -0.1) is 0 Å². The van der Waals surface area contributed by atoms with Crippen molar-refractivity contribution >= 4 is 38.8 Å². The molecule has 0 bridgehead atoms. The van der Waals surface area contributed by atoms with Crippen LogP contribution in [0.4, 0.5) is 17.1 Å². The third-order valence-corrected chi connectivity index (χ3v) is 5.75. The molecule has 4 rings (SSSR count). The lowest BCUT2D eigenvalue weighted by molar-refractivity contribution is 0.324. The number of nitrogens with zero attached hydrogens (tertiary/aromatic N) is 2. The number of hydrogen-bond acceptors (Lipinski definition) is 4. The molecule has 0 N–H and O–H groups in total. The largest absolute Gasteiger partial charge is 0.493 e. The molecule has 0 aromatic heterocycles. The van der Waals surface area contributed by atoms with E-state index < -0.39 is 0 Å². The molecular formula is C28H25BrN2O3. The average Bonchev–Trinajstić information content (AvgIpc) is 2.89. The number of aliphatic imine (C=N–C) groups is 1. The molecule has 0 amide bonds. The number of amidine groups is 1. The van der Waals surface area contributed by atoms with Gasteiger partial charge >= 0.3 is 0 Å². The second kappa shape index (κ2) is 10.9. The molecule has 0 heterocycles. The summed E-state index contributed by atoms with van der Waals surface area (Å²) in [6.07, 6.45) is 0. The van der Waals surface area contributed by atoms with Crippen molar-refractivity contribution in [3.8, 4) is 17.2 Å². The van der Waals surface area contributed by atoms with Gasteiger partial charge in [0.2, 0.25) is 5.75 Å². The molecule has 34 heavy (non-hydrogen) atoms. The Balaban J connectivity index is 2.01. The molecule has 0 saturated carbocycles. The van der Waals surface area contributed by atoms with Gasteiger partial charge in [-0.3, -0.25) is 4.90 Å². The number of rotatable bonds is 7. The predicted octanol–water partition coefficient (Wildman–Crippen LogP) is 7.39. The lowest BCUT2D eigenvalue weighted by Gasteiger charge is -2.27. The molecule has 6 heteroatoms. The van der Waals surface area contributed by atoms with Crippen LogP contribution in [0.5, 0.6) is 17.2 Å². The summed E-state index contributed by atoms with van der Waals surface area (Å²) in [5.41, 5.74) is 3.56. The van der Waals surface area contributed by atoms with Gasteiger partial charge in [0.1, 0.15) is 5.84 Å². The summed E-state index contributed by atoms with van der Waals surface area (Å²) in [4.78, 5) is 7.21. The van der Waals surface area contributed by atoms with Gasteiger partial charge in [-0.2, -0.15) is 0 Å². The van der Waals surface area contributed by atoms with Crippen molar-refractivity contribution in [2.75, 3.05) is 26.2 Å². The van der Waals surface area contributed by atoms with Gasteiger partial charge in [0, 0.05) is 21.4 Å². The summed E-state index contributed by atoms with van der Waals surface area (Å²) in [7, 11) is 4.81. The van der Waals surface area contributed by atoms with E-state index in [1.165, 1.54) is 0 Å². The maximum Gasteiger partial charge on any atom is 0.203 e. The molecule has 4 aromatic carbocycles. The van der Waals surface area contributed by atoms with E-state index in [1.54, 1.807) is 21.3 Å². The summed E-state index contributed by atoms with van der Waals surface area (Å²) >= 11 is 3.51. The quantitative estimate of drug-likeness (QED) is 0.189. The molecule has 0 aliphatic heterocycles. The van der Waals surface area contributed by atoms with Crippen molar-refractivity contribution in [1.29, 1.82) is 0 Å². The van der Waals surface area contributed by atoms with Crippen molar-refractivity contribution < 1.29 is 14.2 Å². The monoisotopic (exact) mass is 516 g/mol. The summed E-state index contributed by atoms with van der Waals surface area (Å²) in [6, 6.07) is 32.0. The number of hydrogen-bond donors (Lipinski definition) is 0. The van der Waals surface area contributed by atoms with Crippen molar-refractivity contribution in [3.05, 3.63) is 107 Å². The van der Waals surface area contributed by atoms with Gasteiger partial charge in [-0.05, 0) is 60.7 Å². The molecule has 5 nitrogen and oxygen atoms in total. The number of benzene rings is 4. The zero-order chi connectivity index (χ0) is 23.9. The standard InChI is InChI=1S/C28H25BrN2O3/c1-32-25-18-20(19-26(33-2)27(25)34-3)28(30-22-16-14-21(29)15-17-22)31(23-10-6-4-7-11-23)24-12-8-5-9-13-24/h4-19H,1-3H3. The van der Waals surface area contributed by atoms with Gasteiger partial charge in [-0.1, -0.05) is 52.3 Å². The fraction of sp³-hybridized carbons (Fsp3) is 0.107. The van der Waals surface area contributed by atoms with E-state index in [9.17, 15) is 0 Å². The molecule has 172 valence electrons. The number of anilines is 2. The number of methoxy groups -OCH3 is 3. The Kier molecular flexibility index (Phi) is 7.50. The first-order chi connectivity index (χ1) is 16.6. The minimum Gasteiger partial charge on any atom is -0.493 e. The minimum atomic E-state index is 0.530. The maximum atomic E-state index is 5.64. The average molecular weight is 517 g/mol. The van der Waals surface area contributed by atoms with E-state index in [4.69, 9.17) is 19.2 Å². The summed E-state index contributed by atoms with van der Waals surface area (Å²) in [5.74, 6) is 2.35. The van der Waals surface area contributed by atoms with Crippen LogP contribution >= 0.6 is 15.9 Å². The van der Waals surface area contributed by atoms with Crippen LogP contribution in [-0.4, -0.2) is 27.2 Å². The van der Waals surface area contributed by atoms with E-state index in [0.717, 1.165) is 27.1 Å². The Morgan fingerprint density at radius 3 is 1.62 bits per heavy atom. The van der Waals surface area contributed by atoms with Crippen LogP contribution in [0.15, 0.2) is 107 Å². The highest BCUT2D eigenvalue weighted by molar-refractivity contribution is 9.10. The molecule has 4 aromatic rings. The Hall–Kier alpha value is -3.77. The Bertz CT molecular complexity index is 1200. The lowest BCUT2D eigenvalue weighted by Crippen LogP contribution is -2.27. The van der Waals surface area contributed by atoms with Crippen LogP contribution in [0.2, 0.25) is 0 Å². The van der Waals surface area contributed by atoms with Gasteiger partial charge in [0.05, 0.1) is 27.0 Å². The molecule has 0 aliphatic rings. The lowest BCUT2D eigenvalue weighted by atomic mass is 10.1. The minimum absolute atomic E-state index is 0.530. The zero-order valence-corrected chi connectivity index (χ0v) is 20.8. The number of halogens is 1. The van der Waals surface area contributed by atoms with Crippen LogP contribution in [0.3, 0.4) is 0 Å². The second-order valence-corrected chi connectivity index (χ2v) is 8.25. The van der Waals surface area contributed by atoms with Gasteiger partial charge in [-0.25, -0.2) is 4.99 Å². The molecule has 0 radical (unpaired) electrons. The van der Waals surface area contributed by atoms with Crippen LogP contribution in [0.1, 0.15) is 5.56 Å². The van der Waals surface area contributed by atoms with E-state index in [0.29, 0.717) is 23.1 Å². The van der Waals surface area contributed by atoms with Crippen LogP contribution < -0.4 is 19.1 Å². The second-order valence-electron chi connectivity index (χ2n) is 7.33. The first kappa shape index (κ1) is 23.4. The third-order valence-electron chi connectivity index (χ3n) is 5.23. The summed E-state index contributed by atoms with van der Waals surface area (Å²) in [6.45, 7) is 0. The highest BCUT2D eigenvalue weighted by Gasteiger charge is 2.22. The predicted molar refractivity (Wildman–Crippen MR) is 141 cm³/mol. The van der Waals surface area contributed by atoms with Crippen LogP contribution in [0, 0.1) is 0 Å². The highest BCUT2D eigenvalue weighted by atomic mass is 79.9. The van der Waals surface area contributed by atoms with E-state index in [2.05, 4.69) is 45.1 Å². The van der Waals surface area contributed by atoms with E-state index in [-0.39, 0.29) is 0 Å². The van der Waals surface area contributed by atoms with Gasteiger partial charge < -0.3 is 14.2 Å². The molecule has 0 saturated heterocycles. The summed E-state index contributed by atoms with van der Waals surface area (Å²) in [5, 5.41) is 0. The van der Waals surface area contributed by atoms with E-state index in [1.807, 2.05) is 72.8 Å². The van der Waals surface area contributed by atoms with Crippen molar-refractivity contribution in [2.24, 2.45) is 4.99 Å². The number of para-hydroxylation sites is 2. The van der Waals surface area contributed by atoms with Crippen molar-refractivity contribution in [2.45, 2.75) is 0 Å². The van der Waals surface area contributed by atoms with Gasteiger partial charge in [0.15, 0.2) is 11.5 Å². The molecule has 0 aliphatic carbocycles. The number of ether oxygens (including phenoxy) is 3. The fourth-order valence-corrected chi connectivity index (χ4v) is 3.90. The maximum absolute atomic E-state index is 5.64. The third kappa shape index (κ3) is 5.07. The molecule has 0 unspecified atom stereocenters. The zero-order valence-electron chi connectivity index (χ0n) is 19.2. The van der Waals surface area contributed by atoms with Crippen LogP contribution in [-0.2, 0) is 0 Å².